The number of carbonyl (C=O) groups is 4. The van der Waals surface area contributed by atoms with Crippen LogP contribution in [0.5, 0.6) is 0 Å². The standard InChI is InChI=1S/2C20H31ClFN7O3/c2*1-2-28-7-9-29(10-8-28)17-15(22)16(24-19(21)25-17)26-27-18(30)14(12-23-20(31)32)11-13-5-3-4-6-13/h2*13-14,23H,2-12H2,1H3,(H,27,30)(H,31,32)(H,24,25,26)/t2*14-/m11/s1. The van der Waals surface area contributed by atoms with Crippen molar-refractivity contribution in [2.75, 3.05) is 99.2 Å². The van der Waals surface area contributed by atoms with Gasteiger partial charge in [0.15, 0.2) is 23.3 Å². The lowest BCUT2D eigenvalue weighted by molar-refractivity contribution is -0.125. The topological polar surface area (TPSA) is 245 Å². The second kappa shape index (κ2) is 25.0. The molecule has 356 valence electrons. The summed E-state index contributed by atoms with van der Waals surface area (Å²) in [6.07, 6.45) is 7.29. The Morgan fingerprint density at radius 3 is 1.27 bits per heavy atom. The van der Waals surface area contributed by atoms with Gasteiger partial charge in [-0.25, -0.2) is 9.59 Å². The van der Waals surface area contributed by atoms with Crippen molar-refractivity contribution in [1.29, 1.82) is 0 Å². The number of hydrogen-bond donors (Lipinski definition) is 8. The molecule has 6 rings (SSSR count). The van der Waals surface area contributed by atoms with Crippen molar-refractivity contribution >= 4 is 70.5 Å². The van der Waals surface area contributed by atoms with Gasteiger partial charge in [0.1, 0.15) is 0 Å². The molecule has 0 bridgehead atoms. The number of hydrogen-bond acceptors (Lipinski definition) is 14. The molecule has 24 heteroatoms. The summed E-state index contributed by atoms with van der Waals surface area (Å²) >= 11 is 12.0. The smallest absolute Gasteiger partial charge is 0.404 e. The summed E-state index contributed by atoms with van der Waals surface area (Å²) in [5.74, 6) is -2.94. The summed E-state index contributed by atoms with van der Waals surface area (Å²) in [4.78, 5) is 71.3. The van der Waals surface area contributed by atoms with Gasteiger partial charge in [-0.05, 0) is 61.0 Å². The van der Waals surface area contributed by atoms with Crippen molar-refractivity contribution in [1.82, 2.24) is 51.2 Å². The number of carbonyl (C=O) groups excluding carboxylic acids is 2. The zero-order chi connectivity index (χ0) is 46.2. The molecule has 8 N–H and O–H groups in total. The fourth-order valence-corrected chi connectivity index (χ4v) is 9.01. The van der Waals surface area contributed by atoms with Gasteiger partial charge in [-0.2, -0.15) is 28.7 Å². The van der Waals surface area contributed by atoms with Crippen molar-refractivity contribution in [3.8, 4) is 0 Å². The van der Waals surface area contributed by atoms with Crippen LogP contribution in [0.2, 0.25) is 10.6 Å². The molecule has 64 heavy (non-hydrogen) atoms. The van der Waals surface area contributed by atoms with Crippen LogP contribution in [0.1, 0.15) is 78.1 Å². The first-order valence-electron chi connectivity index (χ1n) is 22.2. The number of hydrazine groups is 2. The average molecular weight is 944 g/mol. The maximum atomic E-state index is 15.1. The predicted octanol–water partition coefficient (Wildman–Crippen LogP) is 4.64. The summed E-state index contributed by atoms with van der Waals surface area (Å²) in [5.41, 5.74) is 9.99. The minimum atomic E-state index is -1.19. The molecule has 2 aliphatic heterocycles. The molecule has 0 aromatic carbocycles. The summed E-state index contributed by atoms with van der Waals surface area (Å²) < 4.78 is 30.2. The van der Waals surface area contributed by atoms with Crippen LogP contribution < -0.4 is 42.1 Å². The lowest BCUT2D eigenvalue weighted by Crippen LogP contribution is -2.47. The van der Waals surface area contributed by atoms with E-state index in [4.69, 9.17) is 33.4 Å². The van der Waals surface area contributed by atoms with E-state index in [1.807, 2.05) is 9.80 Å². The number of likely N-dealkylation sites (N-methyl/N-ethyl adjacent to an activating group) is 2. The van der Waals surface area contributed by atoms with Crippen molar-refractivity contribution < 1.29 is 38.2 Å². The van der Waals surface area contributed by atoms with Crippen LogP contribution >= 0.6 is 23.2 Å². The second-order valence-corrected chi connectivity index (χ2v) is 17.2. The highest BCUT2D eigenvalue weighted by molar-refractivity contribution is 6.28. The van der Waals surface area contributed by atoms with Gasteiger partial charge in [0.05, 0.1) is 11.8 Å². The van der Waals surface area contributed by atoms with Gasteiger partial charge >= 0.3 is 12.2 Å². The first-order valence-corrected chi connectivity index (χ1v) is 23.0. The molecule has 2 aromatic rings. The monoisotopic (exact) mass is 942 g/mol. The van der Waals surface area contributed by atoms with Crippen molar-refractivity contribution in [3.63, 3.8) is 0 Å². The lowest BCUT2D eigenvalue weighted by Gasteiger charge is -2.35. The van der Waals surface area contributed by atoms with Gasteiger partial charge in [0, 0.05) is 65.4 Å². The predicted molar refractivity (Wildman–Crippen MR) is 238 cm³/mol. The summed E-state index contributed by atoms with van der Waals surface area (Å²) in [7, 11) is 0. The van der Waals surface area contributed by atoms with Crippen LogP contribution in [0.15, 0.2) is 0 Å². The Bertz CT molecular complexity index is 1730. The van der Waals surface area contributed by atoms with Gasteiger partial charge in [0.2, 0.25) is 34.0 Å². The van der Waals surface area contributed by atoms with E-state index in [1.165, 1.54) is 0 Å². The number of nitrogens with one attached hydrogen (secondary N) is 6. The molecule has 4 aliphatic rings. The SMILES string of the molecule is CCN1CCN(c2nc(Cl)nc(NNC(=O)[C@@H](CNC(=O)O)CC3CCCC3)c2F)CC1.CCN1CCN(c2nc(Cl)nc(NNC(=O)[C@@H](CNC(=O)O)CC3CCCC3)c2F)CC1. The molecule has 4 fully saturated rings. The van der Waals surface area contributed by atoms with E-state index < -0.39 is 47.5 Å². The Hall–Kier alpha value is -4.80. The van der Waals surface area contributed by atoms with Gasteiger partial charge in [-0.3, -0.25) is 31.3 Å². The zero-order valence-electron chi connectivity index (χ0n) is 36.5. The van der Waals surface area contributed by atoms with E-state index in [0.29, 0.717) is 50.9 Å². The minimum Gasteiger partial charge on any atom is -0.465 e. The Balaban J connectivity index is 0.000000241. The highest BCUT2D eigenvalue weighted by Crippen LogP contribution is 2.32. The van der Waals surface area contributed by atoms with Crippen LogP contribution in [0.3, 0.4) is 0 Å². The van der Waals surface area contributed by atoms with Crippen LogP contribution in [0.25, 0.3) is 0 Å². The first kappa shape index (κ1) is 50.2. The van der Waals surface area contributed by atoms with Gasteiger partial charge < -0.3 is 40.4 Å². The Morgan fingerprint density at radius 2 is 0.953 bits per heavy atom. The van der Waals surface area contributed by atoms with Gasteiger partial charge in [-0.1, -0.05) is 65.2 Å². The normalized spacial score (nSPS) is 18.4. The molecular weight excluding hydrogens is 881 g/mol. The summed E-state index contributed by atoms with van der Waals surface area (Å²) in [5, 5.41) is 22.1. The average Bonchev–Trinajstić information content (AvgIpc) is 4.02. The minimum absolute atomic E-state index is 0.0146. The number of amides is 4. The molecule has 0 unspecified atom stereocenters. The molecular formula is C40H62Cl2F2N14O6. The van der Waals surface area contributed by atoms with E-state index >= 15 is 8.78 Å². The highest BCUT2D eigenvalue weighted by atomic mass is 35.5. The molecule has 4 amide bonds. The van der Waals surface area contributed by atoms with Crippen LogP contribution in [-0.4, -0.2) is 142 Å². The van der Waals surface area contributed by atoms with E-state index in [1.54, 1.807) is 0 Å². The van der Waals surface area contributed by atoms with E-state index in [-0.39, 0.29) is 46.9 Å². The third kappa shape index (κ3) is 15.2. The number of anilines is 4. The van der Waals surface area contributed by atoms with Gasteiger partial charge in [-0.15, -0.1) is 0 Å². The molecule has 2 aromatic heterocycles. The van der Waals surface area contributed by atoms with Crippen molar-refractivity contribution in [2.24, 2.45) is 23.7 Å². The van der Waals surface area contributed by atoms with E-state index in [9.17, 15) is 19.2 Å². The fraction of sp³-hybridized carbons (Fsp3) is 0.700. The quantitative estimate of drug-likeness (QED) is 0.0750. The van der Waals surface area contributed by atoms with Crippen LogP contribution in [-0.2, 0) is 9.59 Å². The van der Waals surface area contributed by atoms with Gasteiger partial charge in [0.25, 0.3) is 0 Å². The van der Waals surface area contributed by atoms with Crippen molar-refractivity contribution in [2.45, 2.75) is 78.1 Å². The molecule has 2 aliphatic carbocycles. The van der Waals surface area contributed by atoms with Crippen LogP contribution in [0.4, 0.5) is 41.6 Å². The maximum absolute atomic E-state index is 15.1. The van der Waals surface area contributed by atoms with Crippen molar-refractivity contribution in [3.05, 3.63) is 22.2 Å². The molecule has 2 atom stereocenters. The number of carboxylic acid groups (broad SMARTS) is 2. The largest absolute Gasteiger partial charge is 0.465 e. The number of rotatable bonds is 18. The van der Waals surface area contributed by atoms with E-state index in [0.717, 1.165) is 90.6 Å². The first-order chi connectivity index (χ1) is 30.7. The number of nitrogens with zero attached hydrogens (tertiary/aromatic N) is 8. The third-order valence-electron chi connectivity index (χ3n) is 12.4. The zero-order valence-corrected chi connectivity index (χ0v) is 38.0. The Labute approximate surface area is 381 Å². The highest BCUT2D eigenvalue weighted by Gasteiger charge is 2.30. The molecule has 2 saturated carbocycles. The van der Waals surface area contributed by atoms with E-state index in [2.05, 4.69) is 75.9 Å². The number of piperazine rings is 2. The molecule has 0 radical (unpaired) electrons. The maximum Gasteiger partial charge on any atom is 0.404 e. The Morgan fingerprint density at radius 1 is 0.609 bits per heavy atom. The molecule has 2 saturated heterocycles. The second-order valence-electron chi connectivity index (χ2n) is 16.6. The number of aromatic nitrogens is 4. The molecule has 4 heterocycles. The lowest BCUT2D eigenvalue weighted by atomic mass is 9.92. The fourth-order valence-electron chi connectivity index (χ4n) is 8.68. The number of halogens is 4. The van der Waals surface area contributed by atoms with Crippen LogP contribution in [0, 0.1) is 35.3 Å². The molecule has 20 nitrogen and oxygen atoms in total. The summed E-state index contributed by atoms with van der Waals surface area (Å²) in [6, 6.07) is 0. The third-order valence-corrected chi connectivity index (χ3v) is 12.7. The summed E-state index contributed by atoms with van der Waals surface area (Å²) in [6.45, 7) is 11.6. The Kier molecular flexibility index (Phi) is 19.6. The molecule has 0 spiro atoms.